The van der Waals surface area contributed by atoms with E-state index in [1.165, 1.54) is 12.3 Å². The van der Waals surface area contributed by atoms with Gasteiger partial charge in [-0.15, -0.1) is 0 Å². The highest BCUT2D eigenvalue weighted by molar-refractivity contribution is 7.89. The number of halogens is 3. The molecular formula is C17H18ClF2N3O4S. The lowest BCUT2D eigenvalue weighted by Crippen LogP contribution is -2.30. The summed E-state index contributed by atoms with van der Waals surface area (Å²) < 4.78 is 57.4. The fourth-order valence-electron chi connectivity index (χ4n) is 2.36. The number of rotatable bonds is 7. The summed E-state index contributed by atoms with van der Waals surface area (Å²) in [6, 6.07) is 2.59. The molecule has 152 valence electrons. The van der Waals surface area contributed by atoms with E-state index < -0.39 is 38.9 Å². The molecule has 1 aromatic carbocycles. The summed E-state index contributed by atoms with van der Waals surface area (Å²) in [5, 5.41) is 0.270. The van der Waals surface area contributed by atoms with Gasteiger partial charge in [0.2, 0.25) is 10.0 Å². The first-order valence-corrected chi connectivity index (χ1v) is 10.4. The molecule has 1 aromatic heterocycles. The number of anilines is 1. The Bertz CT molecular complexity index is 998. The van der Waals surface area contributed by atoms with Crippen molar-refractivity contribution in [3.63, 3.8) is 0 Å². The molecule has 0 bridgehead atoms. The minimum atomic E-state index is -3.93. The first-order chi connectivity index (χ1) is 13.1. The van der Waals surface area contributed by atoms with Crippen molar-refractivity contribution < 1.29 is 26.7 Å². The van der Waals surface area contributed by atoms with E-state index in [2.05, 4.69) is 4.98 Å². The van der Waals surface area contributed by atoms with Crippen molar-refractivity contribution in [1.82, 2.24) is 9.71 Å². The van der Waals surface area contributed by atoms with Gasteiger partial charge in [0.25, 0.3) is 5.91 Å². The molecule has 0 aliphatic heterocycles. The van der Waals surface area contributed by atoms with Gasteiger partial charge in [0.15, 0.2) is 11.6 Å². The number of ether oxygens (including phenoxy) is 1. The molecule has 2 rings (SSSR count). The Morgan fingerprint density at radius 3 is 2.39 bits per heavy atom. The summed E-state index contributed by atoms with van der Waals surface area (Å²) in [5.74, 6) is -3.44. The molecule has 0 fully saturated rings. The second-order valence-corrected chi connectivity index (χ2v) is 7.87. The van der Waals surface area contributed by atoms with Crippen LogP contribution in [0.5, 0.6) is 11.5 Å². The smallest absolute Gasteiger partial charge is 0.267 e. The van der Waals surface area contributed by atoms with Crippen LogP contribution in [0.1, 0.15) is 24.2 Å². The predicted molar refractivity (Wildman–Crippen MR) is 102 cm³/mol. The van der Waals surface area contributed by atoms with Gasteiger partial charge in [-0.25, -0.2) is 26.9 Å². The Morgan fingerprint density at radius 1 is 1.21 bits per heavy atom. The number of hydrogen-bond acceptors (Lipinski definition) is 6. The van der Waals surface area contributed by atoms with Crippen molar-refractivity contribution in [3.05, 3.63) is 46.6 Å². The number of benzene rings is 1. The van der Waals surface area contributed by atoms with Gasteiger partial charge < -0.3 is 9.64 Å². The van der Waals surface area contributed by atoms with E-state index in [0.717, 1.165) is 6.26 Å². The SMILES string of the molecule is CCN(CC)c1ncc(Oc2cc(F)c(C(=O)NS(C)(=O)=O)cc2F)cc1Cl. The quantitative estimate of drug-likeness (QED) is 0.720. The van der Waals surface area contributed by atoms with Crippen LogP contribution in [0.15, 0.2) is 24.4 Å². The molecule has 0 aliphatic carbocycles. The van der Waals surface area contributed by atoms with Crippen molar-refractivity contribution in [2.75, 3.05) is 24.2 Å². The van der Waals surface area contributed by atoms with E-state index in [9.17, 15) is 22.0 Å². The molecule has 1 amide bonds. The molecule has 2 aromatic rings. The van der Waals surface area contributed by atoms with Crippen LogP contribution in [-0.4, -0.2) is 38.7 Å². The van der Waals surface area contributed by atoms with E-state index in [4.69, 9.17) is 16.3 Å². The van der Waals surface area contributed by atoms with Gasteiger partial charge in [0.1, 0.15) is 17.4 Å². The first kappa shape index (κ1) is 21.8. The average molecular weight is 434 g/mol. The Balaban J connectivity index is 2.29. The maximum atomic E-state index is 14.2. The van der Waals surface area contributed by atoms with Gasteiger partial charge >= 0.3 is 0 Å². The molecule has 0 saturated heterocycles. The third-order valence-electron chi connectivity index (χ3n) is 3.63. The third-order valence-corrected chi connectivity index (χ3v) is 4.47. The van der Waals surface area contributed by atoms with Gasteiger partial charge in [-0.1, -0.05) is 11.6 Å². The monoisotopic (exact) mass is 433 g/mol. The number of hydrogen-bond donors (Lipinski definition) is 1. The lowest BCUT2D eigenvalue weighted by molar-refractivity contribution is 0.0977. The minimum absolute atomic E-state index is 0.0625. The first-order valence-electron chi connectivity index (χ1n) is 8.15. The van der Waals surface area contributed by atoms with Crippen LogP contribution in [0.25, 0.3) is 0 Å². The average Bonchev–Trinajstić information content (AvgIpc) is 2.59. The Morgan fingerprint density at radius 2 is 1.86 bits per heavy atom. The van der Waals surface area contributed by atoms with Gasteiger partial charge in [-0.3, -0.25) is 4.79 Å². The van der Waals surface area contributed by atoms with E-state index in [-0.39, 0.29) is 10.8 Å². The van der Waals surface area contributed by atoms with Crippen molar-refractivity contribution in [3.8, 4) is 11.5 Å². The normalized spacial score (nSPS) is 11.2. The number of carbonyl (C=O) groups is 1. The van der Waals surface area contributed by atoms with Crippen LogP contribution >= 0.6 is 11.6 Å². The van der Waals surface area contributed by atoms with Crippen LogP contribution in [-0.2, 0) is 10.0 Å². The van der Waals surface area contributed by atoms with Crippen LogP contribution in [0.3, 0.4) is 0 Å². The van der Waals surface area contributed by atoms with Crippen molar-refractivity contribution >= 4 is 33.3 Å². The molecular weight excluding hydrogens is 416 g/mol. The maximum absolute atomic E-state index is 14.2. The Kier molecular flexibility index (Phi) is 6.78. The molecule has 0 atom stereocenters. The summed E-state index contributed by atoms with van der Waals surface area (Å²) >= 11 is 6.19. The van der Waals surface area contributed by atoms with Crippen LogP contribution in [0.4, 0.5) is 14.6 Å². The van der Waals surface area contributed by atoms with E-state index in [1.807, 2.05) is 18.7 Å². The number of aromatic nitrogens is 1. The fraction of sp³-hybridized carbons (Fsp3) is 0.294. The summed E-state index contributed by atoms with van der Waals surface area (Å²) in [4.78, 5) is 17.8. The number of nitrogens with one attached hydrogen (secondary N) is 1. The summed E-state index contributed by atoms with van der Waals surface area (Å²) in [6.45, 7) is 5.23. The third kappa shape index (κ3) is 5.29. The molecule has 7 nitrogen and oxygen atoms in total. The number of nitrogens with zero attached hydrogens (tertiary/aromatic N) is 2. The number of amides is 1. The molecule has 1 heterocycles. The van der Waals surface area contributed by atoms with Gasteiger partial charge in [0, 0.05) is 25.2 Å². The maximum Gasteiger partial charge on any atom is 0.267 e. The Labute approximate surface area is 166 Å². The molecule has 0 saturated carbocycles. The molecule has 0 unspecified atom stereocenters. The lowest BCUT2D eigenvalue weighted by atomic mass is 10.2. The van der Waals surface area contributed by atoms with Crippen molar-refractivity contribution in [1.29, 1.82) is 0 Å². The zero-order chi connectivity index (χ0) is 21.1. The van der Waals surface area contributed by atoms with Gasteiger partial charge in [-0.05, 0) is 19.9 Å². The highest BCUT2D eigenvalue weighted by Gasteiger charge is 2.20. The zero-order valence-corrected chi connectivity index (χ0v) is 16.9. The fourth-order valence-corrected chi connectivity index (χ4v) is 3.08. The number of pyridine rings is 1. The molecule has 0 radical (unpaired) electrons. The number of carbonyl (C=O) groups excluding carboxylic acids is 1. The van der Waals surface area contributed by atoms with Crippen molar-refractivity contribution in [2.45, 2.75) is 13.8 Å². The zero-order valence-electron chi connectivity index (χ0n) is 15.3. The summed E-state index contributed by atoms with van der Waals surface area (Å²) in [5.41, 5.74) is -0.775. The highest BCUT2D eigenvalue weighted by Crippen LogP contribution is 2.31. The second kappa shape index (κ2) is 8.70. The van der Waals surface area contributed by atoms with Gasteiger partial charge in [0.05, 0.1) is 23.0 Å². The van der Waals surface area contributed by atoms with Crippen LogP contribution in [0, 0.1) is 11.6 Å². The predicted octanol–water partition coefficient (Wildman–Crippen LogP) is 3.34. The van der Waals surface area contributed by atoms with E-state index >= 15 is 0 Å². The Hall–Kier alpha value is -2.46. The summed E-state index contributed by atoms with van der Waals surface area (Å²) in [6.07, 6.45) is 2.02. The molecule has 0 aliphatic rings. The second-order valence-electron chi connectivity index (χ2n) is 5.72. The van der Waals surface area contributed by atoms with E-state index in [1.54, 1.807) is 4.72 Å². The molecule has 28 heavy (non-hydrogen) atoms. The standard InChI is InChI=1S/C17H18ClF2N3O4S/c1-4-23(5-2)16-12(18)6-10(9-21-16)27-15-8-13(19)11(7-14(15)20)17(24)22-28(3,25)26/h6-9H,4-5H2,1-3H3,(H,22,24). The highest BCUT2D eigenvalue weighted by atomic mass is 35.5. The molecule has 11 heteroatoms. The van der Waals surface area contributed by atoms with Gasteiger partial charge in [-0.2, -0.15) is 0 Å². The number of sulfonamides is 1. The molecule has 0 spiro atoms. The minimum Gasteiger partial charge on any atom is -0.452 e. The van der Waals surface area contributed by atoms with Crippen LogP contribution < -0.4 is 14.4 Å². The summed E-state index contributed by atoms with van der Waals surface area (Å²) in [7, 11) is -3.93. The lowest BCUT2D eigenvalue weighted by Gasteiger charge is -2.21. The van der Waals surface area contributed by atoms with Crippen LogP contribution in [0.2, 0.25) is 5.02 Å². The molecule has 1 N–H and O–H groups in total. The van der Waals surface area contributed by atoms with Crippen molar-refractivity contribution in [2.24, 2.45) is 0 Å². The van der Waals surface area contributed by atoms with E-state index in [0.29, 0.717) is 31.0 Å². The largest absolute Gasteiger partial charge is 0.452 e. The topological polar surface area (TPSA) is 88.6 Å².